The fourth-order valence-corrected chi connectivity index (χ4v) is 8.97. The molecule has 3 N–H and O–H groups in total. The van der Waals surface area contributed by atoms with Crippen LogP contribution in [0.15, 0.2) is 170 Å². The molecule has 0 aromatic heterocycles. The first-order chi connectivity index (χ1) is 28.3. The summed E-state index contributed by atoms with van der Waals surface area (Å²) in [6.07, 6.45) is -0.392. The van der Waals surface area contributed by atoms with E-state index in [1.807, 2.05) is 134 Å². The number of esters is 2. The van der Waals surface area contributed by atoms with Crippen molar-refractivity contribution in [3.05, 3.63) is 214 Å². The Balaban J connectivity index is 1.49. The van der Waals surface area contributed by atoms with Crippen LogP contribution in [0.5, 0.6) is 0 Å². The highest BCUT2D eigenvalue weighted by atomic mass is 35.5. The Hall–Kier alpha value is -5.67. The molecule has 1 amide bonds. The molecule has 3 atom stereocenters. The smallest absolute Gasteiger partial charge is 0.331 e. The van der Waals surface area contributed by atoms with Crippen molar-refractivity contribution in [2.45, 2.75) is 62.1 Å². The summed E-state index contributed by atoms with van der Waals surface area (Å²) in [5.41, 5.74) is 9.83. The monoisotopic (exact) mass is 824 g/mol. The van der Waals surface area contributed by atoms with Crippen molar-refractivity contribution >= 4 is 41.2 Å². The summed E-state index contributed by atoms with van der Waals surface area (Å²) in [5.74, 6) is -2.04. The molecule has 0 saturated heterocycles. The molecular formula is C50H49ClN2O5S. The number of benzene rings is 6. The SMILES string of the molecule is Cc1ccc(C(OC(=O)[C@H](CSC(c2ccccc2)(c2ccccc2)c2ccccc2)NC(=O)[C@@H](N)CC(=O)OC(C)(C)C)(c2ccccc2)c2ccccc2Cl)cc1. The molecule has 0 heterocycles. The molecule has 6 aromatic carbocycles. The van der Waals surface area contributed by atoms with E-state index in [2.05, 4.69) is 41.7 Å². The first-order valence-electron chi connectivity index (χ1n) is 19.5. The average Bonchev–Trinajstić information content (AvgIpc) is 3.24. The third kappa shape index (κ3) is 9.97. The zero-order valence-corrected chi connectivity index (χ0v) is 35.2. The third-order valence-corrected chi connectivity index (χ3v) is 11.9. The molecule has 0 aliphatic carbocycles. The maximum atomic E-state index is 15.3. The molecular weight excluding hydrogens is 776 g/mol. The average molecular weight is 825 g/mol. The number of nitrogens with two attached hydrogens (primary N) is 1. The van der Waals surface area contributed by atoms with Gasteiger partial charge in [0.2, 0.25) is 5.91 Å². The zero-order valence-electron chi connectivity index (χ0n) is 33.6. The van der Waals surface area contributed by atoms with Gasteiger partial charge in [-0.3, -0.25) is 9.59 Å². The quantitative estimate of drug-likeness (QED) is 0.0785. The van der Waals surface area contributed by atoms with Gasteiger partial charge < -0.3 is 20.5 Å². The van der Waals surface area contributed by atoms with Crippen molar-refractivity contribution in [3.8, 4) is 0 Å². The van der Waals surface area contributed by atoms with E-state index in [1.54, 1.807) is 26.8 Å². The van der Waals surface area contributed by atoms with E-state index in [4.69, 9.17) is 26.8 Å². The predicted molar refractivity (Wildman–Crippen MR) is 237 cm³/mol. The van der Waals surface area contributed by atoms with Gasteiger partial charge in [-0.15, -0.1) is 11.8 Å². The molecule has 6 aromatic rings. The highest BCUT2D eigenvalue weighted by Crippen LogP contribution is 2.49. The van der Waals surface area contributed by atoms with E-state index in [9.17, 15) is 9.59 Å². The Bertz CT molecular complexity index is 2220. The number of aryl methyl sites for hydroxylation is 1. The molecule has 9 heteroatoms. The number of thioether (sulfide) groups is 1. The second-order valence-electron chi connectivity index (χ2n) is 15.4. The van der Waals surface area contributed by atoms with Crippen LogP contribution in [0.3, 0.4) is 0 Å². The molecule has 0 saturated carbocycles. The van der Waals surface area contributed by atoms with Crippen LogP contribution in [0.4, 0.5) is 0 Å². The Morgan fingerprint density at radius 3 is 1.54 bits per heavy atom. The lowest BCUT2D eigenvalue weighted by molar-refractivity contribution is -0.157. The fraction of sp³-hybridized carbons (Fsp3) is 0.220. The summed E-state index contributed by atoms with van der Waals surface area (Å²) in [7, 11) is 0. The van der Waals surface area contributed by atoms with Gasteiger partial charge in [0.05, 0.1) is 17.2 Å². The second-order valence-corrected chi connectivity index (χ2v) is 17.0. The predicted octanol–water partition coefficient (Wildman–Crippen LogP) is 9.75. The lowest BCUT2D eigenvalue weighted by Gasteiger charge is -2.38. The van der Waals surface area contributed by atoms with Gasteiger partial charge in [-0.05, 0) is 50.5 Å². The van der Waals surface area contributed by atoms with E-state index in [0.29, 0.717) is 21.7 Å². The summed E-state index contributed by atoms with van der Waals surface area (Å²) >= 11 is 8.51. The molecule has 0 bridgehead atoms. The lowest BCUT2D eigenvalue weighted by atomic mass is 9.79. The lowest BCUT2D eigenvalue weighted by Crippen LogP contribution is -2.52. The van der Waals surface area contributed by atoms with Crippen LogP contribution in [-0.4, -0.2) is 41.3 Å². The summed E-state index contributed by atoms with van der Waals surface area (Å²) in [6, 6.07) is 52.0. The summed E-state index contributed by atoms with van der Waals surface area (Å²) in [4.78, 5) is 42.2. The molecule has 59 heavy (non-hydrogen) atoms. The molecule has 0 radical (unpaired) electrons. The zero-order chi connectivity index (χ0) is 42.0. The topological polar surface area (TPSA) is 108 Å². The van der Waals surface area contributed by atoms with Crippen molar-refractivity contribution in [1.82, 2.24) is 5.32 Å². The molecule has 0 aliphatic rings. The van der Waals surface area contributed by atoms with Gasteiger partial charge >= 0.3 is 11.9 Å². The van der Waals surface area contributed by atoms with E-state index < -0.39 is 52.3 Å². The van der Waals surface area contributed by atoms with Gasteiger partial charge in [0.1, 0.15) is 11.6 Å². The number of halogens is 1. The van der Waals surface area contributed by atoms with E-state index in [0.717, 1.165) is 22.3 Å². The summed E-state index contributed by atoms with van der Waals surface area (Å²) < 4.78 is 11.5. The van der Waals surface area contributed by atoms with Crippen LogP contribution >= 0.6 is 23.4 Å². The maximum Gasteiger partial charge on any atom is 0.331 e. The minimum atomic E-state index is -1.55. The number of rotatable bonds is 15. The van der Waals surface area contributed by atoms with Crippen molar-refractivity contribution < 1.29 is 23.9 Å². The van der Waals surface area contributed by atoms with Crippen LogP contribution in [-0.2, 0) is 34.2 Å². The molecule has 0 aliphatic heterocycles. The van der Waals surface area contributed by atoms with Crippen LogP contribution in [0.25, 0.3) is 0 Å². The number of carbonyl (C=O) groups is 3. The highest BCUT2D eigenvalue weighted by molar-refractivity contribution is 8.00. The third-order valence-electron chi connectivity index (χ3n) is 9.90. The number of ether oxygens (including phenoxy) is 2. The highest BCUT2D eigenvalue weighted by Gasteiger charge is 2.45. The van der Waals surface area contributed by atoms with Gasteiger partial charge in [0.15, 0.2) is 5.60 Å². The van der Waals surface area contributed by atoms with E-state index in [-0.39, 0.29) is 5.75 Å². The van der Waals surface area contributed by atoms with Crippen LogP contribution in [0, 0.1) is 6.92 Å². The Morgan fingerprint density at radius 2 is 1.07 bits per heavy atom. The number of nitrogens with one attached hydrogen (secondary N) is 1. The minimum Gasteiger partial charge on any atom is -0.460 e. The van der Waals surface area contributed by atoms with Gasteiger partial charge in [-0.1, -0.05) is 181 Å². The Kier molecular flexibility index (Phi) is 13.8. The minimum absolute atomic E-state index is 0.0315. The normalized spacial score (nSPS) is 13.7. The fourth-order valence-electron chi connectivity index (χ4n) is 7.16. The maximum absolute atomic E-state index is 15.3. The van der Waals surface area contributed by atoms with Gasteiger partial charge in [0, 0.05) is 27.5 Å². The van der Waals surface area contributed by atoms with E-state index >= 15 is 4.79 Å². The standard InChI is InChI=1S/C50H49ClN2O5S/c1-35-29-31-37(32-30-35)49(36-19-9-5-10-20-36,41-27-17-18-28-42(41)51)58-47(56)44(53-46(55)43(52)33-45(54)57-48(2,3)4)34-59-50(38-21-11-6-12-22-38,39-23-13-7-14-24-39)40-25-15-8-16-26-40/h5-32,43-44H,33-34,52H2,1-4H3,(H,53,55)/t43-,44-,49?/m0/s1. The van der Waals surface area contributed by atoms with Gasteiger partial charge in [-0.25, -0.2) is 4.79 Å². The van der Waals surface area contributed by atoms with Crippen molar-refractivity contribution in [3.63, 3.8) is 0 Å². The first-order valence-corrected chi connectivity index (χ1v) is 20.9. The largest absolute Gasteiger partial charge is 0.460 e. The molecule has 6 rings (SSSR count). The van der Waals surface area contributed by atoms with Crippen molar-refractivity contribution in [2.75, 3.05) is 5.75 Å². The number of carbonyl (C=O) groups excluding carboxylic acids is 3. The molecule has 302 valence electrons. The Labute approximate surface area is 356 Å². The molecule has 1 unspecified atom stereocenters. The Morgan fingerprint density at radius 1 is 0.627 bits per heavy atom. The number of hydrogen-bond acceptors (Lipinski definition) is 7. The second kappa shape index (κ2) is 18.9. The van der Waals surface area contributed by atoms with Crippen LogP contribution in [0.2, 0.25) is 5.02 Å². The first kappa shape index (κ1) is 42.9. The van der Waals surface area contributed by atoms with Gasteiger partial charge in [0.25, 0.3) is 0 Å². The number of amides is 1. The molecule has 7 nitrogen and oxygen atoms in total. The summed E-state index contributed by atoms with van der Waals surface area (Å²) in [5, 5.41) is 3.30. The van der Waals surface area contributed by atoms with Crippen LogP contribution < -0.4 is 11.1 Å². The molecule has 0 spiro atoms. The van der Waals surface area contributed by atoms with Crippen molar-refractivity contribution in [1.29, 1.82) is 0 Å². The van der Waals surface area contributed by atoms with Crippen molar-refractivity contribution in [2.24, 2.45) is 5.73 Å². The number of hydrogen-bond donors (Lipinski definition) is 2. The molecule has 0 fully saturated rings. The van der Waals surface area contributed by atoms with Crippen LogP contribution in [0.1, 0.15) is 66.1 Å². The van der Waals surface area contributed by atoms with Gasteiger partial charge in [-0.2, -0.15) is 0 Å². The van der Waals surface area contributed by atoms with E-state index in [1.165, 1.54) is 11.8 Å². The summed E-state index contributed by atoms with van der Waals surface area (Å²) in [6.45, 7) is 7.20.